The zero-order chi connectivity index (χ0) is 19.1. The smallest absolute Gasteiger partial charge is 0.411 e. The highest BCUT2D eigenvalue weighted by Crippen LogP contribution is 2.46. The Kier molecular flexibility index (Phi) is 4.94. The van der Waals surface area contributed by atoms with Crippen molar-refractivity contribution in [3.05, 3.63) is 28.8 Å². The highest BCUT2D eigenvalue weighted by molar-refractivity contribution is 5.85. The fourth-order valence-corrected chi connectivity index (χ4v) is 1.94. The van der Waals surface area contributed by atoms with Gasteiger partial charge in [-0.3, -0.25) is 0 Å². The van der Waals surface area contributed by atoms with Gasteiger partial charge in [-0.15, -0.1) is 0 Å². The van der Waals surface area contributed by atoms with Gasteiger partial charge < -0.3 is 14.6 Å². The van der Waals surface area contributed by atoms with Gasteiger partial charge in [-0.25, -0.2) is 4.79 Å². The van der Waals surface area contributed by atoms with E-state index in [0.717, 1.165) is 0 Å². The fraction of sp³-hybridized carbons (Fsp3) is 0.429. The van der Waals surface area contributed by atoms with Crippen molar-refractivity contribution in [2.45, 2.75) is 38.5 Å². The van der Waals surface area contributed by atoms with Crippen molar-refractivity contribution in [1.29, 1.82) is 0 Å². The first-order valence-electron chi connectivity index (χ1n) is 6.31. The van der Waals surface area contributed by atoms with Gasteiger partial charge >= 0.3 is 23.7 Å². The number of aryl methyl sites for hydroxylation is 3. The van der Waals surface area contributed by atoms with Gasteiger partial charge in [0.05, 0.1) is 0 Å². The summed E-state index contributed by atoms with van der Waals surface area (Å²) in [6.07, 6.45) is 0. The standard InChI is InChI=1S/C14H12F6O4/c1-6-4-7(2)9(8(3)5-6)24-11(23)13(17,18)14(19,20)12(15,16)10(21)22/h4-5H,1-3H3,(H,21,22)/p-1. The molecule has 0 unspecified atom stereocenters. The molecule has 0 aliphatic carbocycles. The van der Waals surface area contributed by atoms with Crippen molar-refractivity contribution in [2.75, 3.05) is 0 Å². The van der Waals surface area contributed by atoms with Gasteiger partial charge in [-0.2, -0.15) is 26.3 Å². The topological polar surface area (TPSA) is 66.4 Å². The first kappa shape index (κ1) is 19.8. The summed E-state index contributed by atoms with van der Waals surface area (Å²) in [5.74, 6) is -26.2. The van der Waals surface area contributed by atoms with Crippen LogP contribution in [0.5, 0.6) is 5.75 Å². The molecule has 0 aliphatic heterocycles. The molecule has 4 nitrogen and oxygen atoms in total. The Bertz CT molecular complexity index is 661. The molecule has 1 aromatic rings. The highest BCUT2D eigenvalue weighted by Gasteiger charge is 2.76. The SMILES string of the molecule is Cc1cc(C)c(OC(=O)C(F)(F)C(F)(F)C(F)(F)C(=O)[O-])c(C)c1. The molecular weight excluding hydrogens is 346 g/mol. The van der Waals surface area contributed by atoms with Crippen LogP contribution >= 0.6 is 0 Å². The van der Waals surface area contributed by atoms with Crippen molar-refractivity contribution in [3.8, 4) is 5.75 Å². The average Bonchev–Trinajstić information content (AvgIpc) is 2.41. The second kappa shape index (κ2) is 5.99. The van der Waals surface area contributed by atoms with Crippen LogP contribution in [0.4, 0.5) is 26.3 Å². The maximum absolute atomic E-state index is 13.5. The van der Waals surface area contributed by atoms with Crippen LogP contribution in [0.3, 0.4) is 0 Å². The largest absolute Gasteiger partial charge is 0.544 e. The Hall–Kier alpha value is -2.26. The van der Waals surface area contributed by atoms with Crippen molar-refractivity contribution in [3.63, 3.8) is 0 Å². The third-order valence-corrected chi connectivity index (χ3v) is 3.10. The van der Waals surface area contributed by atoms with Crippen molar-refractivity contribution >= 4 is 11.9 Å². The van der Waals surface area contributed by atoms with E-state index in [4.69, 9.17) is 0 Å². The van der Waals surface area contributed by atoms with Crippen LogP contribution in [-0.2, 0) is 9.59 Å². The van der Waals surface area contributed by atoms with Gasteiger partial charge in [0, 0.05) is 0 Å². The summed E-state index contributed by atoms with van der Waals surface area (Å²) in [7, 11) is 0. The molecule has 0 N–H and O–H groups in total. The molecule has 0 radical (unpaired) electrons. The molecule has 0 aliphatic rings. The second-order valence-corrected chi connectivity index (χ2v) is 5.13. The second-order valence-electron chi connectivity index (χ2n) is 5.13. The zero-order valence-electron chi connectivity index (χ0n) is 12.6. The Balaban J connectivity index is 3.25. The highest BCUT2D eigenvalue weighted by atomic mass is 19.3. The minimum absolute atomic E-state index is 0.117. The van der Waals surface area contributed by atoms with E-state index >= 15 is 0 Å². The van der Waals surface area contributed by atoms with Gasteiger partial charge in [0.1, 0.15) is 11.7 Å². The lowest BCUT2D eigenvalue weighted by atomic mass is 10.0. The van der Waals surface area contributed by atoms with Crippen LogP contribution in [0.1, 0.15) is 16.7 Å². The van der Waals surface area contributed by atoms with Gasteiger partial charge in [0.15, 0.2) is 0 Å². The fourth-order valence-electron chi connectivity index (χ4n) is 1.94. The Labute approximate surface area is 132 Å². The molecule has 0 heterocycles. The molecule has 10 heteroatoms. The summed E-state index contributed by atoms with van der Waals surface area (Å²) in [4.78, 5) is 21.4. The summed E-state index contributed by atoms with van der Waals surface area (Å²) in [6, 6.07) is 2.75. The molecule has 0 fully saturated rings. The molecule has 0 aromatic heterocycles. The molecule has 0 amide bonds. The summed E-state index contributed by atoms with van der Waals surface area (Å²) in [6.45, 7) is 4.25. The van der Waals surface area contributed by atoms with E-state index in [1.807, 2.05) is 0 Å². The van der Waals surface area contributed by atoms with Gasteiger partial charge in [0.25, 0.3) is 0 Å². The molecule has 0 bridgehead atoms. The van der Waals surface area contributed by atoms with Crippen LogP contribution in [0.25, 0.3) is 0 Å². The lowest BCUT2D eigenvalue weighted by molar-refractivity contribution is -0.365. The number of ether oxygens (including phenoxy) is 1. The summed E-state index contributed by atoms with van der Waals surface area (Å²) in [5, 5.41) is 10.0. The first-order valence-corrected chi connectivity index (χ1v) is 6.31. The van der Waals surface area contributed by atoms with Crippen molar-refractivity contribution in [2.24, 2.45) is 0 Å². The average molecular weight is 357 g/mol. The Morgan fingerprint density at radius 1 is 0.917 bits per heavy atom. The minimum Gasteiger partial charge on any atom is -0.544 e. The van der Waals surface area contributed by atoms with Crippen LogP contribution in [0.15, 0.2) is 12.1 Å². The van der Waals surface area contributed by atoms with Crippen LogP contribution in [0, 0.1) is 20.8 Å². The van der Waals surface area contributed by atoms with E-state index in [2.05, 4.69) is 4.74 Å². The molecule has 1 aromatic carbocycles. The molecule has 0 atom stereocenters. The summed E-state index contributed by atoms with van der Waals surface area (Å²) < 4.78 is 83.2. The lowest BCUT2D eigenvalue weighted by Gasteiger charge is -2.31. The van der Waals surface area contributed by atoms with Crippen LogP contribution in [0.2, 0.25) is 0 Å². The maximum Gasteiger partial charge on any atom is 0.411 e. The Morgan fingerprint density at radius 3 is 1.71 bits per heavy atom. The van der Waals surface area contributed by atoms with Gasteiger partial charge in [0.2, 0.25) is 0 Å². The lowest BCUT2D eigenvalue weighted by Crippen LogP contribution is -2.64. The normalized spacial score (nSPS) is 12.9. The number of alkyl halides is 6. The van der Waals surface area contributed by atoms with E-state index in [9.17, 15) is 41.0 Å². The van der Waals surface area contributed by atoms with Crippen LogP contribution in [-0.4, -0.2) is 29.7 Å². The minimum atomic E-state index is -6.55. The van der Waals surface area contributed by atoms with Crippen LogP contribution < -0.4 is 9.84 Å². The number of halogens is 6. The number of hydrogen-bond acceptors (Lipinski definition) is 4. The number of benzene rings is 1. The first-order chi connectivity index (χ1) is 10.7. The third kappa shape index (κ3) is 3.04. The number of carboxylic acid groups (broad SMARTS) is 1. The third-order valence-electron chi connectivity index (χ3n) is 3.10. The van der Waals surface area contributed by atoms with Gasteiger partial charge in [-0.1, -0.05) is 17.7 Å². The molecule has 134 valence electrons. The molecular formula is C14H11F6O4-. The van der Waals surface area contributed by atoms with Crippen molar-refractivity contribution < 1.29 is 45.8 Å². The number of aliphatic carboxylic acids is 1. The molecule has 0 saturated carbocycles. The molecule has 24 heavy (non-hydrogen) atoms. The summed E-state index contributed by atoms with van der Waals surface area (Å²) >= 11 is 0. The predicted octanol–water partition coefficient (Wildman–Crippen LogP) is 2.17. The van der Waals surface area contributed by atoms with E-state index in [1.54, 1.807) is 6.92 Å². The molecule has 1 rings (SSSR count). The number of esters is 1. The zero-order valence-corrected chi connectivity index (χ0v) is 12.6. The van der Waals surface area contributed by atoms with E-state index < -0.39 is 35.5 Å². The van der Waals surface area contributed by atoms with Crippen molar-refractivity contribution in [1.82, 2.24) is 0 Å². The van der Waals surface area contributed by atoms with E-state index in [1.165, 1.54) is 26.0 Å². The van der Waals surface area contributed by atoms with E-state index in [-0.39, 0.29) is 11.1 Å². The monoisotopic (exact) mass is 357 g/mol. The number of hydrogen-bond donors (Lipinski definition) is 0. The number of carbonyl (C=O) groups excluding carboxylic acids is 2. The number of carboxylic acids is 1. The maximum atomic E-state index is 13.5. The van der Waals surface area contributed by atoms with E-state index in [0.29, 0.717) is 5.56 Å². The molecule has 0 saturated heterocycles. The number of carbonyl (C=O) groups is 2. The summed E-state index contributed by atoms with van der Waals surface area (Å²) in [5.41, 5.74) is 0.878. The Morgan fingerprint density at radius 2 is 1.33 bits per heavy atom. The van der Waals surface area contributed by atoms with Gasteiger partial charge in [-0.05, 0) is 31.9 Å². The predicted molar refractivity (Wildman–Crippen MR) is 66.1 cm³/mol. The quantitative estimate of drug-likeness (QED) is 0.460. The molecule has 0 spiro atoms. The number of rotatable bonds is 5.